The summed E-state index contributed by atoms with van der Waals surface area (Å²) in [5, 5.41) is 2.47. The Kier molecular flexibility index (Phi) is 10.7. The number of hydroxylamine groups is 2. The second-order valence-corrected chi connectivity index (χ2v) is 9.35. The van der Waals surface area contributed by atoms with E-state index < -0.39 is 0 Å². The van der Waals surface area contributed by atoms with Crippen molar-refractivity contribution in [2.24, 2.45) is 5.92 Å². The summed E-state index contributed by atoms with van der Waals surface area (Å²) in [6.45, 7) is 5.32. The van der Waals surface area contributed by atoms with Gasteiger partial charge >= 0.3 is 12.5 Å². The van der Waals surface area contributed by atoms with Gasteiger partial charge in [-0.3, -0.25) is 9.69 Å². The Hall–Kier alpha value is -1.41. The Labute approximate surface area is 206 Å². The molecule has 0 N–H and O–H groups in total. The molecule has 1 heterocycles. The molecule has 1 aromatic carbocycles. The van der Waals surface area contributed by atoms with Crippen molar-refractivity contribution in [1.29, 1.82) is 0 Å². The summed E-state index contributed by atoms with van der Waals surface area (Å²) in [4.78, 5) is 34.3. The number of hydrogen-bond acceptors (Lipinski definition) is 5. The number of hydrogen-bond donors (Lipinski definition) is 0. The minimum atomic E-state index is -0.284. The van der Waals surface area contributed by atoms with Gasteiger partial charge < -0.3 is 14.6 Å². The smallest absolute Gasteiger partial charge is 0.352 e. The molecule has 7 nitrogen and oxygen atoms in total. The number of piperazine rings is 1. The molecule has 2 aliphatic rings. The number of anilines is 1. The van der Waals surface area contributed by atoms with Crippen LogP contribution in [0.1, 0.15) is 32.1 Å². The highest BCUT2D eigenvalue weighted by atomic mass is 35.5. The fourth-order valence-electron chi connectivity index (χ4n) is 4.51. The number of nitrogens with zero attached hydrogens (tertiary/aromatic N) is 4. The van der Waals surface area contributed by atoms with Gasteiger partial charge in [-0.15, -0.1) is 12.4 Å². The first-order chi connectivity index (χ1) is 14.9. The van der Waals surface area contributed by atoms with Crippen LogP contribution in [0.5, 0.6) is 0 Å². The van der Waals surface area contributed by atoms with Crippen LogP contribution < -0.4 is 4.90 Å². The molecule has 0 atom stereocenters. The van der Waals surface area contributed by atoms with E-state index in [1.807, 2.05) is 18.2 Å². The van der Waals surface area contributed by atoms with E-state index in [2.05, 4.69) is 9.80 Å². The number of urea groups is 1. The van der Waals surface area contributed by atoms with Gasteiger partial charge in [-0.1, -0.05) is 29.3 Å². The minimum Gasteiger partial charge on any atom is -0.368 e. The van der Waals surface area contributed by atoms with Crippen LogP contribution in [0.25, 0.3) is 0 Å². The van der Waals surface area contributed by atoms with E-state index in [0.29, 0.717) is 22.4 Å². The fraction of sp³-hybridized carbons (Fsp3) is 0.636. The third-order valence-corrected chi connectivity index (χ3v) is 7.18. The average Bonchev–Trinajstić information content (AvgIpc) is 2.78. The third-order valence-electron chi connectivity index (χ3n) is 6.37. The molecule has 1 aromatic rings. The standard InChI is InChI=1S/C22H32Cl2N4O3.ClH/c1-25(2)22(30)28(31-16-29)18-8-6-17(7-9-18)10-11-26-12-14-27(15-13-26)20-5-3-4-19(23)21(20)24;/h3-5,16-18H,6-15H2,1-2H3;1H. The molecule has 3 rings (SSSR count). The molecule has 1 aliphatic heterocycles. The Morgan fingerprint density at radius 1 is 1.12 bits per heavy atom. The highest BCUT2D eigenvalue weighted by Gasteiger charge is 2.31. The molecule has 0 aromatic heterocycles. The van der Waals surface area contributed by atoms with Crippen LogP contribution in [0.15, 0.2) is 18.2 Å². The monoisotopic (exact) mass is 506 g/mol. The van der Waals surface area contributed by atoms with Gasteiger partial charge in [-0.2, -0.15) is 5.06 Å². The third kappa shape index (κ3) is 6.80. The zero-order valence-electron chi connectivity index (χ0n) is 18.7. The van der Waals surface area contributed by atoms with Crippen LogP contribution in [-0.4, -0.2) is 80.2 Å². The van der Waals surface area contributed by atoms with Crippen molar-refractivity contribution >= 4 is 53.8 Å². The van der Waals surface area contributed by atoms with Gasteiger partial charge in [0.25, 0.3) is 0 Å². The Bertz CT molecular complexity index is 752. The maximum Gasteiger partial charge on any atom is 0.352 e. The highest BCUT2D eigenvalue weighted by molar-refractivity contribution is 6.43. The van der Waals surface area contributed by atoms with Crippen LogP contribution in [0.3, 0.4) is 0 Å². The second-order valence-electron chi connectivity index (χ2n) is 8.57. The summed E-state index contributed by atoms with van der Waals surface area (Å²) in [5.74, 6) is 0.643. The van der Waals surface area contributed by atoms with E-state index in [9.17, 15) is 9.59 Å². The van der Waals surface area contributed by atoms with Crippen molar-refractivity contribution in [3.05, 3.63) is 28.2 Å². The first-order valence-corrected chi connectivity index (χ1v) is 11.7. The van der Waals surface area contributed by atoms with Gasteiger partial charge in [0.1, 0.15) is 0 Å². The molecule has 1 saturated carbocycles. The van der Waals surface area contributed by atoms with Gasteiger partial charge in [0.2, 0.25) is 0 Å². The van der Waals surface area contributed by atoms with E-state index in [4.69, 9.17) is 28.0 Å². The number of carbonyl (C=O) groups is 2. The lowest BCUT2D eigenvalue weighted by molar-refractivity contribution is -0.173. The van der Waals surface area contributed by atoms with Gasteiger partial charge in [-0.05, 0) is 56.7 Å². The fourth-order valence-corrected chi connectivity index (χ4v) is 4.93. The summed E-state index contributed by atoms with van der Waals surface area (Å²) < 4.78 is 0. The van der Waals surface area contributed by atoms with Crippen molar-refractivity contribution in [3.63, 3.8) is 0 Å². The summed E-state index contributed by atoms with van der Waals surface area (Å²) in [7, 11) is 3.32. The number of carbonyl (C=O) groups excluding carboxylic acids is 2. The molecule has 1 saturated heterocycles. The van der Waals surface area contributed by atoms with Crippen molar-refractivity contribution < 1.29 is 14.4 Å². The van der Waals surface area contributed by atoms with E-state index >= 15 is 0 Å². The minimum absolute atomic E-state index is 0. The van der Waals surface area contributed by atoms with Gasteiger partial charge in [-0.25, -0.2) is 4.79 Å². The first kappa shape index (κ1) is 26.8. The SMILES string of the molecule is CN(C)C(=O)N(OC=O)C1CCC(CCN2CCN(c3cccc(Cl)c3Cl)CC2)CC1.Cl. The Morgan fingerprint density at radius 3 is 2.38 bits per heavy atom. The number of benzene rings is 1. The number of rotatable bonds is 7. The largest absolute Gasteiger partial charge is 0.368 e. The van der Waals surface area contributed by atoms with Crippen molar-refractivity contribution in [2.45, 2.75) is 38.1 Å². The lowest BCUT2D eigenvalue weighted by Crippen LogP contribution is -2.48. The van der Waals surface area contributed by atoms with Gasteiger partial charge in [0, 0.05) is 40.3 Å². The lowest BCUT2D eigenvalue weighted by atomic mass is 9.84. The van der Waals surface area contributed by atoms with Crippen LogP contribution in [0, 0.1) is 5.92 Å². The molecule has 10 heteroatoms. The molecule has 2 amide bonds. The van der Waals surface area contributed by atoms with Crippen LogP contribution in [0.4, 0.5) is 10.5 Å². The van der Waals surface area contributed by atoms with Crippen LogP contribution in [-0.2, 0) is 9.63 Å². The summed E-state index contributed by atoms with van der Waals surface area (Å²) in [6, 6.07) is 5.47. The highest BCUT2D eigenvalue weighted by Crippen LogP contribution is 2.33. The van der Waals surface area contributed by atoms with Gasteiger partial charge in [0.05, 0.1) is 21.8 Å². The summed E-state index contributed by atoms with van der Waals surface area (Å²) in [5.41, 5.74) is 1.02. The quantitative estimate of drug-likeness (QED) is 0.400. The molecule has 0 bridgehead atoms. The van der Waals surface area contributed by atoms with Crippen LogP contribution >= 0.6 is 35.6 Å². The first-order valence-electron chi connectivity index (χ1n) is 10.9. The topological polar surface area (TPSA) is 56.3 Å². The van der Waals surface area contributed by atoms with Crippen LogP contribution in [0.2, 0.25) is 10.0 Å². The molecule has 32 heavy (non-hydrogen) atoms. The van der Waals surface area contributed by atoms with Crippen molar-refractivity contribution in [2.75, 3.05) is 51.7 Å². The number of amides is 2. The normalized spacial score (nSPS) is 21.4. The zero-order valence-corrected chi connectivity index (χ0v) is 21.0. The molecular formula is C22H33Cl3N4O3. The summed E-state index contributed by atoms with van der Waals surface area (Å²) in [6.07, 6.45) is 4.96. The van der Waals surface area contributed by atoms with E-state index in [-0.39, 0.29) is 24.5 Å². The molecule has 1 aliphatic carbocycles. The van der Waals surface area contributed by atoms with Gasteiger partial charge in [0.15, 0.2) is 0 Å². The number of halogens is 3. The average molecular weight is 508 g/mol. The Balaban J connectivity index is 0.00000363. The van der Waals surface area contributed by atoms with E-state index in [1.54, 1.807) is 14.1 Å². The maximum atomic E-state index is 12.3. The molecule has 0 unspecified atom stereocenters. The molecule has 0 radical (unpaired) electrons. The Morgan fingerprint density at radius 2 is 1.78 bits per heavy atom. The second kappa shape index (κ2) is 12.7. The van der Waals surface area contributed by atoms with E-state index in [1.165, 1.54) is 9.96 Å². The predicted octanol–water partition coefficient (Wildman–Crippen LogP) is 4.56. The summed E-state index contributed by atoms with van der Waals surface area (Å²) >= 11 is 12.5. The predicted molar refractivity (Wildman–Crippen MR) is 131 cm³/mol. The molecule has 0 spiro atoms. The van der Waals surface area contributed by atoms with E-state index in [0.717, 1.165) is 70.5 Å². The molecule has 180 valence electrons. The maximum absolute atomic E-state index is 12.3. The lowest BCUT2D eigenvalue weighted by Gasteiger charge is -2.38. The van der Waals surface area contributed by atoms with Crippen molar-refractivity contribution in [3.8, 4) is 0 Å². The molecular weight excluding hydrogens is 475 g/mol. The van der Waals surface area contributed by atoms with Crippen molar-refractivity contribution in [1.82, 2.24) is 14.9 Å². The zero-order chi connectivity index (χ0) is 22.4. The molecule has 2 fully saturated rings.